The molecule has 0 spiro atoms. The second-order valence-corrected chi connectivity index (χ2v) is 8.88. The smallest absolute Gasteiger partial charge is 0.421 e. The molecule has 3 aromatic carbocycles. The molecule has 0 N–H and O–H groups in total. The molecule has 0 bridgehead atoms. The summed E-state index contributed by atoms with van der Waals surface area (Å²) in [6.07, 6.45) is 2.26. The fraction of sp³-hybridized carbons (Fsp3) is 0.179. The van der Waals surface area contributed by atoms with E-state index in [0.29, 0.717) is 22.4 Å². The van der Waals surface area contributed by atoms with Crippen molar-refractivity contribution in [2.45, 2.75) is 31.8 Å². The summed E-state index contributed by atoms with van der Waals surface area (Å²) in [5.41, 5.74) is 0.106. The molecule has 166 valence electrons. The molecule has 0 unspecified atom stereocenters. The number of carbonyl (C=O) groups excluding carboxylic acids is 3. The summed E-state index contributed by atoms with van der Waals surface area (Å²) in [7, 11) is 0. The van der Waals surface area contributed by atoms with Gasteiger partial charge in [-0.25, -0.2) is 9.69 Å². The number of ketones is 1. The molecule has 0 aliphatic carbocycles. The van der Waals surface area contributed by atoms with Gasteiger partial charge in [-0.05, 0) is 38.5 Å². The Bertz CT molecular complexity index is 1230. The first-order valence-electron chi connectivity index (χ1n) is 10.8. The Labute approximate surface area is 193 Å². The van der Waals surface area contributed by atoms with E-state index in [4.69, 9.17) is 4.74 Å². The van der Waals surface area contributed by atoms with Gasteiger partial charge in [0.25, 0.3) is 5.91 Å². The topological polar surface area (TPSA) is 63.7 Å². The van der Waals surface area contributed by atoms with Crippen LogP contribution in [0, 0.1) is 0 Å². The lowest BCUT2D eigenvalue weighted by molar-refractivity contribution is -0.120. The zero-order chi connectivity index (χ0) is 23.6. The number of carbonyl (C=O) groups is 3. The minimum absolute atomic E-state index is 0.230. The van der Waals surface area contributed by atoms with Crippen molar-refractivity contribution in [1.29, 1.82) is 0 Å². The molecule has 0 saturated carbocycles. The van der Waals surface area contributed by atoms with Crippen molar-refractivity contribution >= 4 is 23.5 Å². The highest BCUT2D eigenvalue weighted by molar-refractivity contribution is 6.23. The largest absolute Gasteiger partial charge is 0.443 e. The minimum atomic E-state index is -1.35. The van der Waals surface area contributed by atoms with Gasteiger partial charge in [0.15, 0.2) is 5.78 Å². The Morgan fingerprint density at radius 1 is 0.848 bits per heavy atom. The van der Waals surface area contributed by atoms with Gasteiger partial charge in [-0.15, -0.1) is 0 Å². The molecule has 0 radical (unpaired) electrons. The van der Waals surface area contributed by atoms with Gasteiger partial charge in [-0.3, -0.25) is 9.59 Å². The first-order chi connectivity index (χ1) is 15.7. The SMILES string of the molecule is CC(C)(C)OC(=O)N1C(=O)[C@@](/C=C\C(=O)c2ccccc2)(c2ccccc2)c2ccccc21. The number of anilines is 1. The summed E-state index contributed by atoms with van der Waals surface area (Å²) < 4.78 is 5.55. The second-order valence-electron chi connectivity index (χ2n) is 8.88. The van der Waals surface area contributed by atoms with Crippen LogP contribution in [0.25, 0.3) is 0 Å². The van der Waals surface area contributed by atoms with Crippen LogP contribution in [0.15, 0.2) is 97.1 Å². The summed E-state index contributed by atoms with van der Waals surface area (Å²) in [6.45, 7) is 5.25. The van der Waals surface area contributed by atoms with Gasteiger partial charge in [0.05, 0.1) is 5.69 Å². The summed E-state index contributed by atoms with van der Waals surface area (Å²) in [6, 6.07) is 25.1. The number of hydrogen-bond donors (Lipinski definition) is 0. The molecule has 1 atom stereocenters. The van der Waals surface area contributed by atoms with E-state index in [9.17, 15) is 14.4 Å². The molecule has 5 heteroatoms. The van der Waals surface area contributed by atoms with Crippen molar-refractivity contribution in [2.24, 2.45) is 0 Å². The summed E-state index contributed by atoms with van der Waals surface area (Å²) in [5, 5.41) is 0. The van der Waals surface area contributed by atoms with Crippen molar-refractivity contribution in [3.63, 3.8) is 0 Å². The van der Waals surface area contributed by atoms with Crippen LogP contribution >= 0.6 is 0 Å². The Hall–Kier alpha value is -3.99. The number of amides is 2. The first-order valence-corrected chi connectivity index (χ1v) is 10.8. The van der Waals surface area contributed by atoms with Crippen molar-refractivity contribution < 1.29 is 19.1 Å². The molecule has 0 aromatic heterocycles. The van der Waals surface area contributed by atoms with Crippen LogP contribution in [0.5, 0.6) is 0 Å². The van der Waals surface area contributed by atoms with Crippen LogP contribution in [0.4, 0.5) is 10.5 Å². The molecule has 4 rings (SSSR count). The molecule has 1 aliphatic rings. The van der Waals surface area contributed by atoms with Gasteiger partial charge in [-0.1, -0.05) is 84.9 Å². The number of imide groups is 1. The number of allylic oxidation sites excluding steroid dienone is 1. The lowest BCUT2D eigenvalue weighted by atomic mass is 9.75. The molecule has 33 heavy (non-hydrogen) atoms. The highest BCUT2D eigenvalue weighted by Crippen LogP contribution is 2.47. The van der Waals surface area contributed by atoms with Crippen LogP contribution in [-0.2, 0) is 14.9 Å². The Morgan fingerprint density at radius 2 is 1.42 bits per heavy atom. The third-order valence-electron chi connectivity index (χ3n) is 5.46. The minimum Gasteiger partial charge on any atom is -0.443 e. The maximum Gasteiger partial charge on any atom is 0.421 e. The van der Waals surface area contributed by atoms with E-state index in [1.807, 2.05) is 48.5 Å². The lowest BCUT2D eigenvalue weighted by Gasteiger charge is -2.27. The Kier molecular flexibility index (Phi) is 5.73. The number of hydrogen-bond acceptors (Lipinski definition) is 4. The maximum absolute atomic E-state index is 14.0. The van der Waals surface area contributed by atoms with E-state index >= 15 is 0 Å². The van der Waals surface area contributed by atoms with E-state index in [1.54, 1.807) is 63.2 Å². The third-order valence-corrected chi connectivity index (χ3v) is 5.46. The van der Waals surface area contributed by atoms with Crippen molar-refractivity contribution in [3.8, 4) is 0 Å². The normalized spacial score (nSPS) is 17.8. The number of ether oxygens (including phenoxy) is 1. The number of fused-ring (bicyclic) bond motifs is 1. The van der Waals surface area contributed by atoms with Crippen molar-refractivity contribution in [3.05, 3.63) is 114 Å². The number of rotatable bonds is 4. The van der Waals surface area contributed by atoms with Crippen LogP contribution in [0.1, 0.15) is 42.3 Å². The quantitative estimate of drug-likeness (QED) is 0.387. The zero-order valence-corrected chi connectivity index (χ0v) is 18.8. The van der Waals surface area contributed by atoms with Crippen molar-refractivity contribution in [1.82, 2.24) is 0 Å². The van der Waals surface area contributed by atoms with E-state index in [0.717, 1.165) is 4.90 Å². The highest BCUT2D eigenvalue weighted by atomic mass is 16.6. The molecule has 5 nitrogen and oxygen atoms in total. The van der Waals surface area contributed by atoms with Gasteiger partial charge in [-0.2, -0.15) is 0 Å². The summed E-state index contributed by atoms with van der Waals surface area (Å²) in [5.74, 6) is -0.715. The van der Waals surface area contributed by atoms with E-state index < -0.39 is 23.0 Å². The van der Waals surface area contributed by atoms with Crippen LogP contribution < -0.4 is 4.90 Å². The van der Waals surface area contributed by atoms with E-state index in [2.05, 4.69) is 0 Å². The number of para-hydroxylation sites is 1. The average Bonchev–Trinajstić information content (AvgIpc) is 3.06. The van der Waals surface area contributed by atoms with Crippen LogP contribution in [-0.4, -0.2) is 23.4 Å². The van der Waals surface area contributed by atoms with Gasteiger partial charge < -0.3 is 4.74 Å². The van der Waals surface area contributed by atoms with Crippen LogP contribution in [0.3, 0.4) is 0 Å². The lowest BCUT2D eigenvalue weighted by Crippen LogP contribution is -2.45. The number of nitrogens with zero attached hydrogens (tertiary/aromatic N) is 1. The Morgan fingerprint density at radius 3 is 2.06 bits per heavy atom. The zero-order valence-electron chi connectivity index (χ0n) is 18.8. The monoisotopic (exact) mass is 439 g/mol. The molecular weight excluding hydrogens is 414 g/mol. The summed E-state index contributed by atoms with van der Waals surface area (Å²) >= 11 is 0. The standard InChI is InChI=1S/C28H25NO4/c1-27(2,3)33-26(32)29-23-17-11-10-16-22(23)28(25(29)31,21-14-8-5-9-15-21)19-18-24(30)20-12-6-4-7-13-20/h4-19H,1-3H3/b19-18-/t28-/m0/s1. The fourth-order valence-electron chi connectivity index (χ4n) is 4.03. The van der Waals surface area contributed by atoms with E-state index in [1.165, 1.54) is 6.08 Å². The predicted octanol–water partition coefficient (Wildman–Crippen LogP) is 5.69. The fourth-order valence-corrected chi connectivity index (χ4v) is 4.03. The van der Waals surface area contributed by atoms with E-state index in [-0.39, 0.29) is 5.78 Å². The third kappa shape index (κ3) is 4.10. The van der Waals surface area contributed by atoms with Gasteiger partial charge in [0.1, 0.15) is 11.0 Å². The number of benzene rings is 3. The predicted molar refractivity (Wildman–Crippen MR) is 127 cm³/mol. The van der Waals surface area contributed by atoms with Crippen LogP contribution in [0.2, 0.25) is 0 Å². The Balaban J connectivity index is 1.88. The van der Waals surface area contributed by atoms with Gasteiger partial charge >= 0.3 is 6.09 Å². The van der Waals surface area contributed by atoms with Gasteiger partial charge in [0, 0.05) is 11.1 Å². The molecule has 3 aromatic rings. The van der Waals surface area contributed by atoms with Crippen molar-refractivity contribution in [2.75, 3.05) is 4.90 Å². The molecule has 0 fully saturated rings. The molecule has 1 aliphatic heterocycles. The average molecular weight is 440 g/mol. The first kappa shape index (κ1) is 22.2. The molecule has 1 heterocycles. The summed E-state index contributed by atoms with van der Waals surface area (Å²) in [4.78, 5) is 41.1. The molecule has 0 saturated heterocycles. The second kappa shape index (κ2) is 8.51. The highest BCUT2D eigenvalue weighted by Gasteiger charge is 2.53. The molecule has 2 amide bonds. The van der Waals surface area contributed by atoms with Gasteiger partial charge in [0.2, 0.25) is 0 Å². The molecular formula is C28H25NO4. The maximum atomic E-state index is 14.0.